The Morgan fingerprint density at radius 3 is 2.50 bits per heavy atom. The summed E-state index contributed by atoms with van der Waals surface area (Å²) in [4.78, 5) is 28.6. The summed E-state index contributed by atoms with van der Waals surface area (Å²) in [6, 6.07) is 4.90. The quantitative estimate of drug-likeness (QED) is 0.675. The minimum atomic E-state index is -3.73. The molecule has 9 nitrogen and oxygen atoms in total. The zero-order valence-electron chi connectivity index (χ0n) is 18.0. The molecule has 1 aromatic carbocycles. The van der Waals surface area contributed by atoms with E-state index < -0.39 is 15.8 Å². The summed E-state index contributed by atoms with van der Waals surface area (Å²) in [6.45, 7) is 2.92. The Morgan fingerprint density at radius 2 is 1.81 bits per heavy atom. The zero-order chi connectivity index (χ0) is 22.3. The van der Waals surface area contributed by atoms with Crippen molar-refractivity contribution in [3.8, 4) is 0 Å². The molecule has 1 saturated carbocycles. The maximum atomic E-state index is 12.7. The highest BCUT2D eigenvalue weighted by Crippen LogP contribution is 2.37. The lowest BCUT2D eigenvalue weighted by Crippen LogP contribution is -2.47. The fourth-order valence-electron chi connectivity index (χ4n) is 4.74. The Balaban J connectivity index is 1.14. The van der Waals surface area contributed by atoms with Crippen molar-refractivity contribution in [3.05, 3.63) is 23.8 Å². The van der Waals surface area contributed by atoms with Gasteiger partial charge in [0.15, 0.2) is 5.79 Å². The van der Waals surface area contributed by atoms with E-state index in [9.17, 15) is 18.0 Å². The van der Waals surface area contributed by atoms with E-state index in [0.29, 0.717) is 52.1 Å². The van der Waals surface area contributed by atoms with Gasteiger partial charge in [0.25, 0.3) is 0 Å². The van der Waals surface area contributed by atoms with E-state index in [1.54, 1.807) is 21.9 Å². The molecule has 0 atom stereocenters. The van der Waals surface area contributed by atoms with Crippen LogP contribution < -0.4 is 9.62 Å². The summed E-state index contributed by atoms with van der Waals surface area (Å²) >= 11 is 0. The van der Waals surface area contributed by atoms with Crippen molar-refractivity contribution in [1.29, 1.82) is 0 Å². The number of carbonyl (C=O) groups excluding carboxylic acids is 2. The van der Waals surface area contributed by atoms with Crippen LogP contribution in [0.5, 0.6) is 0 Å². The second-order valence-electron chi connectivity index (χ2n) is 8.94. The van der Waals surface area contributed by atoms with Crippen molar-refractivity contribution in [2.75, 3.05) is 44.3 Å². The van der Waals surface area contributed by atoms with Gasteiger partial charge in [-0.25, -0.2) is 13.1 Å². The van der Waals surface area contributed by atoms with E-state index in [1.165, 1.54) is 6.07 Å². The highest BCUT2D eigenvalue weighted by molar-refractivity contribution is 7.89. The number of carbonyl (C=O) groups is 2. The number of piperidine rings is 1. The molecule has 2 amide bonds. The van der Waals surface area contributed by atoms with Crippen molar-refractivity contribution in [3.63, 3.8) is 0 Å². The van der Waals surface area contributed by atoms with E-state index in [4.69, 9.17) is 9.47 Å². The van der Waals surface area contributed by atoms with Crippen LogP contribution in [0.2, 0.25) is 0 Å². The SMILES string of the molecule is O=C(CCNS(=O)(=O)c1ccc2c(c1)CCN2C(=O)C1CC1)N1CCC2(CC1)OCCO2. The van der Waals surface area contributed by atoms with Crippen LogP contribution in [-0.2, 0) is 35.5 Å². The highest BCUT2D eigenvalue weighted by Gasteiger charge is 2.40. The monoisotopic (exact) mass is 463 g/mol. The second-order valence-corrected chi connectivity index (χ2v) is 10.7. The number of rotatable bonds is 6. The highest BCUT2D eigenvalue weighted by atomic mass is 32.2. The third kappa shape index (κ3) is 4.28. The molecule has 3 aliphatic heterocycles. The number of anilines is 1. The van der Waals surface area contributed by atoms with Gasteiger partial charge in [-0.05, 0) is 43.0 Å². The van der Waals surface area contributed by atoms with Crippen molar-refractivity contribution in [2.45, 2.75) is 49.2 Å². The van der Waals surface area contributed by atoms with Crippen LogP contribution in [0.4, 0.5) is 5.69 Å². The lowest BCUT2D eigenvalue weighted by atomic mass is 10.0. The first-order valence-electron chi connectivity index (χ1n) is 11.4. The van der Waals surface area contributed by atoms with Gasteiger partial charge in [-0.3, -0.25) is 9.59 Å². The summed E-state index contributed by atoms with van der Waals surface area (Å²) in [7, 11) is -3.73. The summed E-state index contributed by atoms with van der Waals surface area (Å²) in [5, 5.41) is 0. The Bertz CT molecular complexity index is 1010. The largest absolute Gasteiger partial charge is 0.347 e. The Kier molecular flexibility index (Phi) is 5.73. The molecule has 5 rings (SSSR count). The van der Waals surface area contributed by atoms with Crippen molar-refractivity contribution < 1.29 is 27.5 Å². The van der Waals surface area contributed by atoms with Crippen LogP contribution in [-0.4, -0.2) is 70.3 Å². The summed E-state index contributed by atoms with van der Waals surface area (Å²) in [5.41, 5.74) is 1.69. The molecule has 3 heterocycles. The van der Waals surface area contributed by atoms with E-state index in [-0.39, 0.29) is 35.6 Å². The number of likely N-dealkylation sites (tertiary alicyclic amines) is 1. The Hall–Kier alpha value is -2.01. The number of sulfonamides is 1. The van der Waals surface area contributed by atoms with Gasteiger partial charge in [0.1, 0.15) is 0 Å². The topological polar surface area (TPSA) is 105 Å². The number of hydrogen-bond acceptors (Lipinski definition) is 6. The van der Waals surface area contributed by atoms with Crippen LogP contribution in [0.15, 0.2) is 23.1 Å². The molecule has 1 aromatic rings. The molecule has 1 spiro atoms. The van der Waals surface area contributed by atoms with Gasteiger partial charge < -0.3 is 19.3 Å². The Morgan fingerprint density at radius 1 is 1.09 bits per heavy atom. The van der Waals surface area contributed by atoms with Gasteiger partial charge >= 0.3 is 0 Å². The van der Waals surface area contributed by atoms with E-state index in [0.717, 1.165) is 24.1 Å². The fourth-order valence-corrected chi connectivity index (χ4v) is 5.82. The smallest absolute Gasteiger partial charge is 0.240 e. The van der Waals surface area contributed by atoms with Gasteiger partial charge in [0.2, 0.25) is 21.8 Å². The van der Waals surface area contributed by atoms with Crippen LogP contribution >= 0.6 is 0 Å². The molecule has 0 radical (unpaired) electrons. The number of benzene rings is 1. The predicted octanol–water partition coefficient (Wildman–Crippen LogP) is 1.02. The first-order valence-corrected chi connectivity index (χ1v) is 12.8. The number of fused-ring (bicyclic) bond motifs is 1. The molecule has 2 saturated heterocycles. The van der Waals surface area contributed by atoms with Gasteiger partial charge in [0, 0.05) is 57.0 Å². The second kappa shape index (κ2) is 8.40. The van der Waals surface area contributed by atoms with Crippen LogP contribution in [0.1, 0.15) is 37.7 Å². The zero-order valence-corrected chi connectivity index (χ0v) is 18.9. The minimum absolute atomic E-state index is 0.0409. The van der Waals surface area contributed by atoms with Gasteiger partial charge in [-0.1, -0.05) is 0 Å². The third-order valence-electron chi connectivity index (χ3n) is 6.77. The Labute approximate surface area is 188 Å². The average Bonchev–Trinajstić information content (AvgIpc) is 3.40. The van der Waals surface area contributed by atoms with Crippen molar-refractivity contribution in [2.24, 2.45) is 5.92 Å². The first-order chi connectivity index (χ1) is 15.4. The van der Waals surface area contributed by atoms with E-state index in [1.807, 2.05) is 0 Å². The molecule has 1 aliphatic carbocycles. The summed E-state index contributed by atoms with van der Waals surface area (Å²) < 4.78 is 39.4. The third-order valence-corrected chi connectivity index (χ3v) is 8.23. The normalized spacial score (nSPS) is 22.4. The molecule has 32 heavy (non-hydrogen) atoms. The minimum Gasteiger partial charge on any atom is -0.347 e. The van der Waals surface area contributed by atoms with E-state index in [2.05, 4.69) is 4.72 Å². The maximum Gasteiger partial charge on any atom is 0.240 e. The number of amides is 2. The van der Waals surface area contributed by atoms with E-state index >= 15 is 0 Å². The molecule has 10 heteroatoms. The number of nitrogens with zero attached hydrogens (tertiary/aromatic N) is 2. The molecule has 4 aliphatic rings. The molecular formula is C22H29N3O6S. The van der Waals surface area contributed by atoms with Gasteiger partial charge in [0.05, 0.1) is 18.1 Å². The number of ether oxygens (including phenoxy) is 2. The molecule has 0 aromatic heterocycles. The molecular weight excluding hydrogens is 434 g/mol. The predicted molar refractivity (Wildman–Crippen MR) is 115 cm³/mol. The van der Waals surface area contributed by atoms with Crippen molar-refractivity contribution >= 4 is 27.5 Å². The number of nitrogens with one attached hydrogen (secondary N) is 1. The van der Waals surface area contributed by atoms with Crippen molar-refractivity contribution in [1.82, 2.24) is 9.62 Å². The number of hydrogen-bond donors (Lipinski definition) is 1. The van der Waals surface area contributed by atoms with Gasteiger partial charge in [-0.15, -0.1) is 0 Å². The molecule has 3 fully saturated rings. The molecule has 0 unspecified atom stereocenters. The molecule has 174 valence electrons. The van der Waals surface area contributed by atoms with Crippen LogP contribution in [0.25, 0.3) is 0 Å². The summed E-state index contributed by atoms with van der Waals surface area (Å²) in [6.07, 6.45) is 3.92. The molecule has 0 bridgehead atoms. The first kappa shape index (κ1) is 21.8. The standard InChI is InChI=1S/C22H29N3O6S/c26-20(24-11-7-22(8-12-24)30-13-14-31-22)5-9-23-32(28,29)18-3-4-19-17(15-18)6-10-25(19)21(27)16-1-2-16/h3-4,15-16,23H,1-2,5-14H2. The fraction of sp³-hybridized carbons (Fsp3) is 0.636. The maximum absolute atomic E-state index is 12.7. The van der Waals surface area contributed by atoms with Crippen LogP contribution in [0.3, 0.4) is 0 Å². The van der Waals surface area contributed by atoms with Gasteiger partial charge in [-0.2, -0.15) is 0 Å². The lowest BCUT2D eigenvalue weighted by molar-refractivity contribution is -0.187. The summed E-state index contributed by atoms with van der Waals surface area (Å²) in [5.74, 6) is -0.341. The van der Waals surface area contributed by atoms with Crippen LogP contribution in [0, 0.1) is 5.92 Å². The molecule has 1 N–H and O–H groups in total. The lowest BCUT2D eigenvalue weighted by Gasteiger charge is -2.37. The average molecular weight is 464 g/mol.